The minimum Gasteiger partial charge on any atom is -0.462 e. The Labute approximate surface area is 126 Å². The Morgan fingerprint density at radius 1 is 1.41 bits per heavy atom. The topological polar surface area (TPSA) is 85.5 Å². The number of aromatic amines is 1. The first-order valence-corrected chi connectivity index (χ1v) is 7.12. The lowest BCUT2D eigenvalue weighted by Gasteiger charge is -2.10. The molecule has 1 N–H and O–H groups in total. The summed E-state index contributed by atoms with van der Waals surface area (Å²) in [6.45, 7) is 1.89. The van der Waals surface area contributed by atoms with Gasteiger partial charge in [0.15, 0.2) is 0 Å². The van der Waals surface area contributed by atoms with Crippen molar-refractivity contribution in [1.82, 2.24) is 4.98 Å². The molecule has 6 heteroatoms. The highest BCUT2D eigenvalue weighted by Gasteiger charge is 2.25. The van der Waals surface area contributed by atoms with Crippen LogP contribution in [0.4, 0.5) is 0 Å². The first-order valence-electron chi connectivity index (χ1n) is 7.12. The summed E-state index contributed by atoms with van der Waals surface area (Å²) in [4.78, 5) is 38.2. The van der Waals surface area contributed by atoms with Crippen molar-refractivity contribution in [1.29, 1.82) is 0 Å². The van der Waals surface area contributed by atoms with Gasteiger partial charge in [-0.1, -0.05) is 6.07 Å². The number of carbonyl (C=O) groups excluding carboxylic acids is 2. The molecule has 3 rings (SSSR count). The number of pyridine rings is 1. The number of ether oxygens (including phenoxy) is 2. The minimum atomic E-state index is -0.639. The molecule has 6 nitrogen and oxygen atoms in total. The molecular weight excluding hydrogens is 286 g/mol. The highest BCUT2D eigenvalue weighted by atomic mass is 16.5. The van der Waals surface area contributed by atoms with Crippen molar-refractivity contribution in [3.8, 4) is 0 Å². The SMILES string of the molecule is CCOC(=O)c1c[nH]c2cc(C3CCC(=O)O3)ccc2c1=O. The molecule has 1 aliphatic heterocycles. The predicted molar refractivity (Wildman–Crippen MR) is 78.6 cm³/mol. The van der Waals surface area contributed by atoms with Gasteiger partial charge in [-0.3, -0.25) is 9.59 Å². The van der Waals surface area contributed by atoms with E-state index in [0.717, 1.165) is 5.56 Å². The van der Waals surface area contributed by atoms with Gasteiger partial charge in [0, 0.05) is 23.5 Å². The molecular formula is C16H15NO5. The molecule has 0 aliphatic carbocycles. The average Bonchev–Trinajstić information content (AvgIpc) is 2.94. The Morgan fingerprint density at radius 3 is 2.91 bits per heavy atom. The predicted octanol–water partition coefficient (Wildman–Crippen LogP) is 2.08. The van der Waals surface area contributed by atoms with E-state index in [1.807, 2.05) is 0 Å². The molecule has 1 aromatic heterocycles. The van der Waals surface area contributed by atoms with Crippen LogP contribution in [0.5, 0.6) is 0 Å². The Bertz CT molecular complexity index is 808. The third kappa shape index (κ3) is 2.47. The van der Waals surface area contributed by atoms with Crippen LogP contribution >= 0.6 is 0 Å². The fourth-order valence-corrected chi connectivity index (χ4v) is 2.56. The summed E-state index contributed by atoms with van der Waals surface area (Å²) in [7, 11) is 0. The molecule has 1 atom stereocenters. The number of cyclic esters (lactones) is 1. The van der Waals surface area contributed by atoms with Crippen LogP contribution in [0.2, 0.25) is 0 Å². The molecule has 22 heavy (non-hydrogen) atoms. The Balaban J connectivity index is 2.01. The van der Waals surface area contributed by atoms with E-state index in [-0.39, 0.29) is 29.7 Å². The van der Waals surface area contributed by atoms with Crippen LogP contribution in [0, 0.1) is 0 Å². The normalized spacial score (nSPS) is 17.5. The number of hydrogen-bond donors (Lipinski definition) is 1. The van der Waals surface area contributed by atoms with Crippen molar-refractivity contribution in [2.45, 2.75) is 25.9 Å². The number of hydrogen-bond acceptors (Lipinski definition) is 5. The Hall–Kier alpha value is -2.63. The summed E-state index contributed by atoms with van der Waals surface area (Å²) < 4.78 is 10.1. The van der Waals surface area contributed by atoms with Crippen molar-refractivity contribution >= 4 is 22.8 Å². The number of fused-ring (bicyclic) bond motifs is 1. The number of carbonyl (C=O) groups is 2. The van der Waals surface area contributed by atoms with E-state index in [1.165, 1.54) is 6.20 Å². The van der Waals surface area contributed by atoms with E-state index in [1.54, 1.807) is 25.1 Å². The molecule has 1 aromatic carbocycles. The van der Waals surface area contributed by atoms with Crippen molar-refractivity contribution < 1.29 is 19.1 Å². The second kappa shape index (κ2) is 5.63. The van der Waals surface area contributed by atoms with Gasteiger partial charge < -0.3 is 14.5 Å². The first kappa shape index (κ1) is 14.3. The zero-order valence-corrected chi connectivity index (χ0v) is 12.0. The summed E-state index contributed by atoms with van der Waals surface area (Å²) in [5.74, 6) is -0.851. The van der Waals surface area contributed by atoms with Gasteiger partial charge in [-0.15, -0.1) is 0 Å². The molecule has 2 aromatic rings. The van der Waals surface area contributed by atoms with Gasteiger partial charge in [0.1, 0.15) is 11.7 Å². The maximum atomic E-state index is 12.3. The molecule has 1 saturated heterocycles. The van der Waals surface area contributed by atoms with Crippen molar-refractivity contribution in [2.24, 2.45) is 0 Å². The number of benzene rings is 1. The number of esters is 2. The van der Waals surface area contributed by atoms with Gasteiger partial charge >= 0.3 is 11.9 Å². The van der Waals surface area contributed by atoms with E-state index in [0.29, 0.717) is 23.7 Å². The summed E-state index contributed by atoms with van der Waals surface area (Å²) in [5, 5.41) is 0.402. The Morgan fingerprint density at radius 2 is 2.23 bits per heavy atom. The lowest BCUT2D eigenvalue weighted by molar-refractivity contribution is -0.141. The van der Waals surface area contributed by atoms with Gasteiger partial charge in [-0.25, -0.2) is 4.79 Å². The van der Waals surface area contributed by atoms with Gasteiger partial charge in [0.05, 0.1) is 6.61 Å². The highest BCUT2D eigenvalue weighted by Crippen LogP contribution is 2.30. The second-order valence-electron chi connectivity index (χ2n) is 5.07. The van der Waals surface area contributed by atoms with Crippen LogP contribution in [0.3, 0.4) is 0 Å². The fourth-order valence-electron chi connectivity index (χ4n) is 2.56. The number of rotatable bonds is 3. The van der Waals surface area contributed by atoms with Gasteiger partial charge in [-0.2, -0.15) is 0 Å². The lowest BCUT2D eigenvalue weighted by Crippen LogP contribution is -2.18. The zero-order valence-electron chi connectivity index (χ0n) is 12.0. The molecule has 114 valence electrons. The average molecular weight is 301 g/mol. The monoisotopic (exact) mass is 301 g/mol. The lowest BCUT2D eigenvalue weighted by atomic mass is 10.0. The molecule has 0 spiro atoms. The van der Waals surface area contributed by atoms with Gasteiger partial charge in [0.25, 0.3) is 0 Å². The second-order valence-corrected chi connectivity index (χ2v) is 5.07. The molecule has 1 fully saturated rings. The van der Waals surface area contributed by atoms with Crippen molar-refractivity contribution in [3.05, 3.63) is 45.7 Å². The summed E-state index contributed by atoms with van der Waals surface area (Å²) in [5.41, 5.74) is 1.04. The number of aromatic nitrogens is 1. The largest absolute Gasteiger partial charge is 0.462 e. The summed E-state index contributed by atoms with van der Waals surface area (Å²) in [6.07, 6.45) is 2.12. The zero-order chi connectivity index (χ0) is 15.7. The van der Waals surface area contributed by atoms with Gasteiger partial charge in [0.2, 0.25) is 5.43 Å². The minimum absolute atomic E-state index is 0.0191. The molecule has 0 bridgehead atoms. The number of nitrogens with one attached hydrogen (secondary N) is 1. The third-order valence-electron chi connectivity index (χ3n) is 3.66. The number of H-pyrrole nitrogens is 1. The van der Waals surface area contributed by atoms with E-state index < -0.39 is 5.97 Å². The quantitative estimate of drug-likeness (QED) is 0.877. The van der Waals surface area contributed by atoms with Crippen LogP contribution < -0.4 is 5.43 Å². The van der Waals surface area contributed by atoms with Crippen LogP contribution in [0.15, 0.2) is 29.2 Å². The Kier molecular flexibility index (Phi) is 3.66. The molecule has 2 heterocycles. The van der Waals surface area contributed by atoms with Crippen LogP contribution in [-0.4, -0.2) is 23.5 Å². The van der Waals surface area contributed by atoms with Crippen LogP contribution in [0.1, 0.15) is 41.8 Å². The molecule has 1 aliphatic rings. The van der Waals surface area contributed by atoms with E-state index in [9.17, 15) is 14.4 Å². The van der Waals surface area contributed by atoms with Crippen LogP contribution in [-0.2, 0) is 14.3 Å². The molecule has 0 radical (unpaired) electrons. The van der Waals surface area contributed by atoms with Gasteiger partial charge in [-0.05, 0) is 31.0 Å². The fraction of sp³-hybridized carbons (Fsp3) is 0.312. The molecule has 0 amide bonds. The smallest absolute Gasteiger partial charge is 0.343 e. The van der Waals surface area contributed by atoms with Crippen molar-refractivity contribution in [2.75, 3.05) is 6.61 Å². The maximum Gasteiger partial charge on any atom is 0.343 e. The van der Waals surface area contributed by atoms with E-state index in [2.05, 4.69) is 4.98 Å². The summed E-state index contributed by atoms with van der Waals surface area (Å²) >= 11 is 0. The third-order valence-corrected chi connectivity index (χ3v) is 3.66. The van der Waals surface area contributed by atoms with E-state index in [4.69, 9.17) is 9.47 Å². The van der Waals surface area contributed by atoms with E-state index >= 15 is 0 Å². The van der Waals surface area contributed by atoms with Crippen LogP contribution in [0.25, 0.3) is 10.9 Å². The molecule has 1 unspecified atom stereocenters. The highest BCUT2D eigenvalue weighted by molar-refractivity contribution is 5.93. The molecule has 0 saturated carbocycles. The maximum absolute atomic E-state index is 12.3. The first-order chi connectivity index (χ1) is 10.6. The summed E-state index contributed by atoms with van der Waals surface area (Å²) in [6, 6.07) is 5.16. The standard InChI is InChI=1S/C16H15NO5/c1-2-21-16(20)11-8-17-12-7-9(3-4-10(12)15(11)19)13-5-6-14(18)22-13/h3-4,7-8,13H,2,5-6H2,1H3,(H,17,19). The van der Waals surface area contributed by atoms with Crippen molar-refractivity contribution in [3.63, 3.8) is 0 Å².